The van der Waals surface area contributed by atoms with Crippen molar-refractivity contribution in [1.29, 1.82) is 0 Å². The van der Waals surface area contributed by atoms with Crippen molar-refractivity contribution in [2.45, 2.75) is 13.5 Å². The minimum atomic E-state index is -0.208. The molecule has 1 saturated heterocycles. The molecular formula is C26H26BrCl2N3O2. The van der Waals surface area contributed by atoms with Crippen molar-refractivity contribution in [3.63, 3.8) is 0 Å². The van der Waals surface area contributed by atoms with Crippen LogP contribution >= 0.6 is 39.1 Å². The number of carbonyl (C=O) groups excluding carboxylic acids is 1. The monoisotopic (exact) mass is 561 g/mol. The van der Waals surface area contributed by atoms with Gasteiger partial charge in [-0.2, -0.15) is 0 Å². The molecule has 0 unspecified atom stereocenters. The molecule has 5 nitrogen and oxygen atoms in total. The molecule has 1 N–H and O–H groups in total. The Morgan fingerprint density at radius 3 is 2.44 bits per heavy atom. The van der Waals surface area contributed by atoms with Gasteiger partial charge in [0, 0.05) is 49.0 Å². The fourth-order valence-corrected chi connectivity index (χ4v) is 4.96. The highest BCUT2D eigenvalue weighted by atomic mass is 79.9. The van der Waals surface area contributed by atoms with Gasteiger partial charge in [-0.05, 0) is 70.9 Å². The van der Waals surface area contributed by atoms with Gasteiger partial charge in [-0.1, -0.05) is 41.4 Å². The van der Waals surface area contributed by atoms with Crippen LogP contribution in [-0.2, 0) is 6.54 Å². The largest absolute Gasteiger partial charge is 0.493 e. The van der Waals surface area contributed by atoms with E-state index in [1.165, 1.54) is 0 Å². The van der Waals surface area contributed by atoms with E-state index in [4.69, 9.17) is 27.9 Å². The third kappa shape index (κ3) is 6.05. The van der Waals surface area contributed by atoms with Crippen LogP contribution in [0.5, 0.6) is 5.75 Å². The summed E-state index contributed by atoms with van der Waals surface area (Å²) in [6, 6.07) is 18.9. The first-order valence-corrected chi connectivity index (χ1v) is 12.7. The van der Waals surface area contributed by atoms with Gasteiger partial charge in [-0.25, -0.2) is 0 Å². The van der Waals surface area contributed by atoms with E-state index in [1.807, 2.05) is 37.3 Å². The van der Waals surface area contributed by atoms with Crippen molar-refractivity contribution in [2.24, 2.45) is 0 Å². The fourth-order valence-electron chi connectivity index (χ4n) is 3.97. The van der Waals surface area contributed by atoms with Crippen LogP contribution in [0.2, 0.25) is 10.0 Å². The third-order valence-corrected chi connectivity index (χ3v) is 7.06. The molecule has 34 heavy (non-hydrogen) atoms. The minimum absolute atomic E-state index is 0.208. The second-order valence-corrected chi connectivity index (χ2v) is 9.72. The van der Waals surface area contributed by atoms with Gasteiger partial charge in [-0.15, -0.1) is 0 Å². The number of ether oxygens (including phenoxy) is 1. The summed E-state index contributed by atoms with van der Waals surface area (Å²) < 4.78 is 6.25. The SMILES string of the molecule is CCOc1ccc(C(=O)Nc2ccc(N3CCN(Cc4ccccc4Cl)CC3)c(Cl)c2)cc1Br. The van der Waals surface area contributed by atoms with E-state index < -0.39 is 0 Å². The topological polar surface area (TPSA) is 44.8 Å². The van der Waals surface area contributed by atoms with Crippen LogP contribution < -0.4 is 15.0 Å². The Bertz CT molecular complexity index is 1170. The molecule has 0 radical (unpaired) electrons. The van der Waals surface area contributed by atoms with Crippen LogP contribution in [0, 0.1) is 0 Å². The molecule has 0 atom stereocenters. The number of rotatable bonds is 7. The predicted molar refractivity (Wildman–Crippen MR) is 144 cm³/mol. The standard InChI is InChI=1S/C26H26BrCl2N3O2/c1-2-34-25-10-7-18(15-21(25)27)26(33)30-20-8-9-24(23(29)16-20)32-13-11-31(12-14-32)17-19-5-3-4-6-22(19)28/h3-10,15-16H,2,11-14,17H2,1H3,(H,30,33). The number of hydrogen-bond donors (Lipinski definition) is 1. The number of benzene rings is 3. The molecule has 0 bridgehead atoms. The van der Waals surface area contributed by atoms with E-state index in [2.05, 4.69) is 37.1 Å². The summed E-state index contributed by atoms with van der Waals surface area (Å²) in [6.07, 6.45) is 0. The molecule has 1 heterocycles. The number of carbonyl (C=O) groups is 1. The first-order valence-electron chi connectivity index (χ1n) is 11.2. The van der Waals surface area contributed by atoms with E-state index in [0.717, 1.165) is 53.5 Å². The van der Waals surface area contributed by atoms with E-state index in [-0.39, 0.29) is 5.91 Å². The van der Waals surface area contributed by atoms with Gasteiger partial charge in [0.25, 0.3) is 5.91 Å². The number of halogens is 3. The van der Waals surface area contributed by atoms with Gasteiger partial charge in [-0.3, -0.25) is 9.69 Å². The maximum absolute atomic E-state index is 12.7. The predicted octanol–water partition coefficient (Wildman–Crippen LogP) is 6.73. The van der Waals surface area contributed by atoms with Crippen molar-refractivity contribution in [2.75, 3.05) is 43.0 Å². The Morgan fingerprint density at radius 2 is 1.76 bits per heavy atom. The number of amides is 1. The zero-order valence-corrected chi connectivity index (χ0v) is 22.0. The van der Waals surface area contributed by atoms with Gasteiger partial charge in [0.15, 0.2) is 0 Å². The average molecular weight is 563 g/mol. The van der Waals surface area contributed by atoms with Gasteiger partial charge in [0.05, 0.1) is 21.8 Å². The van der Waals surface area contributed by atoms with Gasteiger partial charge in [0.2, 0.25) is 0 Å². The van der Waals surface area contributed by atoms with Crippen LogP contribution in [0.25, 0.3) is 0 Å². The Kier molecular flexibility index (Phi) is 8.37. The van der Waals surface area contributed by atoms with Gasteiger partial charge >= 0.3 is 0 Å². The third-order valence-electron chi connectivity index (χ3n) is 5.76. The summed E-state index contributed by atoms with van der Waals surface area (Å²) in [5.74, 6) is 0.499. The van der Waals surface area contributed by atoms with Crippen molar-refractivity contribution in [3.05, 3.63) is 86.3 Å². The number of piperazine rings is 1. The number of nitrogens with one attached hydrogen (secondary N) is 1. The molecule has 0 spiro atoms. The highest BCUT2D eigenvalue weighted by Crippen LogP contribution is 2.31. The molecular weight excluding hydrogens is 537 g/mol. The Labute approximate surface area is 218 Å². The maximum Gasteiger partial charge on any atom is 0.255 e. The smallest absolute Gasteiger partial charge is 0.255 e. The Hall–Kier alpha value is -2.25. The first-order chi connectivity index (χ1) is 16.4. The summed E-state index contributed by atoms with van der Waals surface area (Å²) in [5, 5.41) is 4.35. The number of hydrogen-bond acceptors (Lipinski definition) is 4. The van der Waals surface area contributed by atoms with Crippen LogP contribution in [0.1, 0.15) is 22.8 Å². The highest BCUT2D eigenvalue weighted by molar-refractivity contribution is 9.10. The second-order valence-electron chi connectivity index (χ2n) is 8.05. The van der Waals surface area contributed by atoms with Crippen molar-refractivity contribution < 1.29 is 9.53 Å². The van der Waals surface area contributed by atoms with Crippen LogP contribution in [0.15, 0.2) is 65.1 Å². The summed E-state index contributed by atoms with van der Waals surface area (Å²) in [5.41, 5.74) is 3.31. The number of anilines is 2. The lowest BCUT2D eigenvalue weighted by molar-refractivity contribution is 0.102. The molecule has 1 aliphatic rings. The molecule has 1 fully saturated rings. The zero-order chi connectivity index (χ0) is 24.1. The summed E-state index contributed by atoms with van der Waals surface area (Å²) >= 11 is 16.4. The number of nitrogens with zero attached hydrogens (tertiary/aromatic N) is 2. The average Bonchev–Trinajstić information content (AvgIpc) is 2.83. The molecule has 0 aromatic heterocycles. The maximum atomic E-state index is 12.7. The molecule has 1 amide bonds. The molecule has 3 aromatic rings. The van der Waals surface area contributed by atoms with Crippen molar-refractivity contribution in [1.82, 2.24) is 4.90 Å². The molecule has 178 valence electrons. The minimum Gasteiger partial charge on any atom is -0.493 e. The lowest BCUT2D eigenvalue weighted by atomic mass is 10.1. The summed E-state index contributed by atoms with van der Waals surface area (Å²) in [6.45, 7) is 6.91. The molecule has 1 aliphatic heterocycles. The normalized spacial score (nSPS) is 14.2. The summed E-state index contributed by atoms with van der Waals surface area (Å²) in [4.78, 5) is 17.4. The lowest BCUT2D eigenvalue weighted by Gasteiger charge is -2.36. The second kappa shape index (κ2) is 11.5. The van der Waals surface area contributed by atoms with Crippen molar-refractivity contribution in [3.8, 4) is 5.75 Å². The Balaban J connectivity index is 1.36. The fraction of sp³-hybridized carbons (Fsp3) is 0.269. The van der Waals surface area contributed by atoms with E-state index >= 15 is 0 Å². The molecule has 0 saturated carbocycles. The highest BCUT2D eigenvalue weighted by Gasteiger charge is 2.20. The van der Waals surface area contributed by atoms with E-state index in [9.17, 15) is 4.79 Å². The lowest BCUT2D eigenvalue weighted by Crippen LogP contribution is -2.46. The molecule has 8 heteroatoms. The molecule has 4 rings (SSSR count). The van der Waals surface area contributed by atoms with Crippen LogP contribution in [-0.4, -0.2) is 43.6 Å². The Morgan fingerprint density at radius 1 is 1.00 bits per heavy atom. The first kappa shape index (κ1) is 24.9. The summed E-state index contributed by atoms with van der Waals surface area (Å²) in [7, 11) is 0. The molecule has 0 aliphatic carbocycles. The quantitative estimate of drug-likeness (QED) is 0.347. The molecule has 3 aromatic carbocycles. The zero-order valence-electron chi connectivity index (χ0n) is 18.9. The van der Waals surface area contributed by atoms with Gasteiger partial charge < -0.3 is 15.0 Å². The van der Waals surface area contributed by atoms with Gasteiger partial charge in [0.1, 0.15) is 5.75 Å². The van der Waals surface area contributed by atoms with Crippen molar-refractivity contribution >= 4 is 56.4 Å². The van der Waals surface area contributed by atoms with E-state index in [0.29, 0.717) is 28.6 Å². The van der Waals surface area contributed by atoms with Crippen LogP contribution in [0.4, 0.5) is 11.4 Å². The van der Waals surface area contributed by atoms with Crippen LogP contribution in [0.3, 0.4) is 0 Å². The van der Waals surface area contributed by atoms with E-state index in [1.54, 1.807) is 24.3 Å².